The standard InChI is InChI=1S/C11H15FO/c1-8-4-5-10(12)6-9(8)7-11(2,3)13/h4-6,13H,7H2,1-3H3. The largest absolute Gasteiger partial charge is 0.390 e. The highest BCUT2D eigenvalue weighted by Crippen LogP contribution is 2.17. The molecule has 1 nitrogen and oxygen atoms in total. The van der Waals surface area contributed by atoms with E-state index in [4.69, 9.17) is 0 Å². The van der Waals surface area contributed by atoms with Crippen molar-refractivity contribution in [2.24, 2.45) is 0 Å². The van der Waals surface area contributed by atoms with Gasteiger partial charge in [0, 0.05) is 6.42 Å². The summed E-state index contributed by atoms with van der Waals surface area (Å²) in [6.07, 6.45) is 0.483. The van der Waals surface area contributed by atoms with Crippen LogP contribution >= 0.6 is 0 Å². The number of hydrogen-bond acceptors (Lipinski definition) is 1. The Bertz CT molecular complexity index is 299. The first-order valence-electron chi connectivity index (χ1n) is 4.36. The predicted octanol–water partition coefficient (Wildman–Crippen LogP) is 2.45. The molecule has 0 bridgehead atoms. The van der Waals surface area contributed by atoms with Crippen molar-refractivity contribution in [2.45, 2.75) is 32.8 Å². The van der Waals surface area contributed by atoms with Gasteiger partial charge in [-0.05, 0) is 44.0 Å². The zero-order valence-electron chi connectivity index (χ0n) is 8.26. The molecule has 0 radical (unpaired) electrons. The summed E-state index contributed by atoms with van der Waals surface area (Å²) in [6, 6.07) is 4.65. The van der Waals surface area contributed by atoms with Crippen LogP contribution in [0, 0.1) is 12.7 Å². The SMILES string of the molecule is Cc1ccc(F)cc1CC(C)(C)O. The average molecular weight is 182 g/mol. The predicted molar refractivity (Wildman–Crippen MR) is 51.1 cm³/mol. The number of benzene rings is 1. The molecule has 2 heteroatoms. The summed E-state index contributed by atoms with van der Waals surface area (Å²) >= 11 is 0. The fourth-order valence-electron chi connectivity index (χ4n) is 1.30. The van der Waals surface area contributed by atoms with Crippen LogP contribution in [0.2, 0.25) is 0 Å². The van der Waals surface area contributed by atoms with E-state index >= 15 is 0 Å². The molecule has 0 aliphatic rings. The van der Waals surface area contributed by atoms with Gasteiger partial charge in [-0.15, -0.1) is 0 Å². The smallest absolute Gasteiger partial charge is 0.123 e. The first-order chi connectivity index (χ1) is 5.88. The Kier molecular flexibility index (Phi) is 2.71. The van der Waals surface area contributed by atoms with Gasteiger partial charge in [0.05, 0.1) is 5.60 Å². The Balaban J connectivity index is 2.94. The molecule has 0 spiro atoms. The third-order valence-electron chi connectivity index (χ3n) is 1.93. The lowest BCUT2D eigenvalue weighted by Gasteiger charge is -2.18. The summed E-state index contributed by atoms with van der Waals surface area (Å²) in [7, 11) is 0. The van der Waals surface area contributed by atoms with Gasteiger partial charge in [0.25, 0.3) is 0 Å². The van der Waals surface area contributed by atoms with Gasteiger partial charge in [-0.25, -0.2) is 4.39 Å². The maximum Gasteiger partial charge on any atom is 0.123 e. The summed E-state index contributed by atoms with van der Waals surface area (Å²) < 4.78 is 12.8. The lowest BCUT2D eigenvalue weighted by Crippen LogP contribution is -2.22. The summed E-state index contributed by atoms with van der Waals surface area (Å²) in [5.41, 5.74) is 1.11. The van der Waals surface area contributed by atoms with Crippen LogP contribution in [0.15, 0.2) is 18.2 Å². The number of hydrogen-bond donors (Lipinski definition) is 1. The molecule has 0 amide bonds. The molecule has 0 atom stereocenters. The van der Waals surface area contributed by atoms with Gasteiger partial charge in [0.1, 0.15) is 5.82 Å². The number of halogens is 1. The molecular formula is C11H15FO. The number of aliphatic hydroxyl groups is 1. The fraction of sp³-hybridized carbons (Fsp3) is 0.455. The van der Waals surface area contributed by atoms with Crippen LogP contribution in [-0.4, -0.2) is 10.7 Å². The van der Waals surface area contributed by atoms with Gasteiger partial charge in [0.2, 0.25) is 0 Å². The van der Waals surface area contributed by atoms with Crippen molar-refractivity contribution in [1.82, 2.24) is 0 Å². The van der Waals surface area contributed by atoms with Gasteiger partial charge in [-0.2, -0.15) is 0 Å². The molecule has 1 aromatic rings. The van der Waals surface area contributed by atoms with Crippen LogP contribution < -0.4 is 0 Å². The van der Waals surface area contributed by atoms with E-state index in [9.17, 15) is 9.50 Å². The molecule has 0 fully saturated rings. The summed E-state index contributed by atoms with van der Waals surface area (Å²) in [4.78, 5) is 0. The van der Waals surface area contributed by atoms with Crippen molar-refractivity contribution in [3.63, 3.8) is 0 Å². The molecular weight excluding hydrogens is 167 g/mol. The Hall–Kier alpha value is -0.890. The van der Waals surface area contributed by atoms with Crippen LogP contribution in [0.5, 0.6) is 0 Å². The van der Waals surface area contributed by atoms with Crippen molar-refractivity contribution in [1.29, 1.82) is 0 Å². The maximum absolute atomic E-state index is 12.8. The highest BCUT2D eigenvalue weighted by Gasteiger charge is 2.14. The molecule has 0 aromatic heterocycles. The summed E-state index contributed by atoms with van der Waals surface area (Å²) in [6.45, 7) is 5.36. The van der Waals surface area contributed by atoms with Crippen LogP contribution in [0.1, 0.15) is 25.0 Å². The van der Waals surface area contributed by atoms with E-state index in [2.05, 4.69) is 0 Å². The van der Waals surface area contributed by atoms with Crippen molar-refractivity contribution < 1.29 is 9.50 Å². The summed E-state index contributed by atoms with van der Waals surface area (Å²) in [5.74, 6) is -0.246. The van der Waals surface area contributed by atoms with Gasteiger partial charge in [-0.1, -0.05) is 6.07 Å². The van der Waals surface area contributed by atoms with Crippen molar-refractivity contribution >= 4 is 0 Å². The molecule has 72 valence electrons. The minimum atomic E-state index is -0.779. The normalized spacial score (nSPS) is 11.8. The average Bonchev–Trinajstić information content (AvgIpc) is 1.94. The van der Waals surface area contributed by atoms with E-state index in [1.807, 2.05) is 6.92 Å². The summed E-state index contributed by atoms with van der Waals surface area (Å²) in [5, 5.41) is 9.56. The molecule has 1 N–H and O–H groups in total. The topological polar surface area (TPSA) is 20.2 Å². The van der Waals surface area contributed by atoms with E-state index < -0.39 is 5.60 Å². The molecule has 0 unspecified atom stereocenters. The minimum Gasteiger partial charge on any atom is -0.390 e. The second-order valence-corrected chi connectivity index (χ2v) is 4.06. The van der Waals surface area contributed by atoms with E-state index in [1.165, 1.54) is 12.1 Å². The van der Waals surface area contributed by atoms with E-state index in [0.29, 0.717) is 6.42 Å². The Morgan fingerprint density at radius 2 is 2.00 bits per heavy atom. The van der Waals surface area contributed by atoms with Crippen molar-refractivity contribution in [3.8, 4) is 0 Å². The zero-order chi connectivity index (χ0) is 10.1. The van der Waals surface area contributed by atoms with E-state index in [-0.39, 0.29) is 5.82 Å². The first kappa shape index (κ1) is 10.2. The van der Waals surface area contributed by atoms with Crippen LogP contribution in [0.4, 0.5) is 4.39 Å². The Morgan fingerprint density at radius 1 is 1.38 bits per heavy atom. The lowest BCUT2D eigenvalue weighted by molar-refractivity contribution is 0.0807. The highest BCUT2D eigenvalue weighted by molar-refractivity contribution is 5.27. The Labute approximate surface area is 78.2 Å². The van der Waals surface area contributed by atoms with Gasteiger partial charge in [0.15, 0.2) is 0 Å². The molecule has 13 heavy (non-hydrogen) atoms. The molecule has 0 saturated heterocycles. The highest BCUT2D eigenvalue weighted by atomic mass is 19.1. The van der Waals surface area contributed by atoms with Gasteiger partial charge < -0.3 is 5.11 Å². The lowest BCUT2D eigenvalue weighted by atomic mass is 9.95. The fourth-order valence-corrected chi connectivity index (χ4v) is 1.30. The molecule has 1 rings (SSSR count). The van der Waals surface area contributed by atoms with Crippen molar-refractivity contribution in [3.05, 3.63) is 35.1 Å². The number of rotatable bonds is 2. The van der Waals surface area contributed by atoms with Gasteiger partial charge >= 0.3 is 0 Å². The monoisotopic (exact) mass is 182 g/mol. The van der Waals surface area contributed by atoms with Crippen molar-refractivity contribution in [2.75, 3.05) is 0 Å². The maximum atomic E-state index is 12.8. The first-order valence-corrected chi connectivity index (χ1v) is 4.36. The van der Waals surface area contributed by atoms with Crippen LogP contribution in [-0.2, 0) is 6.42 Å². The zero-order valence-corrected chi connectivity index (χ0v) is 8.26. The molecule has 0 aliphatic carbocycles. The second kappa shape index (κ2) is 3.46. The van der Waals surface area contributed by atoms with Gasteiger partial charge in [-0.3, -0.25) is 0 Å². The third kappa shape index (κ3) is 3.15. The van der Waals surface area contributed by atoms with Crippen LogP contribution in [0.3, 0.4) is 0 Å². The quantitative estimate of drug-likeness (QED) is 0.744. The molecule has 0 saturated carbocycles. The molecule has 0 heterocycles. The molecule has 0 aliphatic heterocycles. The van der Waals surface area contributed by atoms with E-state index in [0.717, 1.165) is 11.1 Å². The minimum absolute atomic E-state index is 0.246. The number of aryl methyl sites for hydroxylation is 1. The van der Waals surface area contributed by atoms with Crippen LogP contribution in [0.25, 0.3) is 0 Å². The molecule has 1 aromatic carbocycles. The Morgan fingerprint density at radius 3 is 2.54 bits per heavy atom. The third-order valence-corrected chi connectivity index (χ3v) is 1.93. The van der Waals surface area contributed by atoms with E-state index in [1.54, 1.807) is 19.9 Å². The second-order valence-electron chi connectivity index (χ2n) is 4.06.